The molecule has 2 aromatic rings. The van der Waals surface area contributed by atoms with E-state index in [1.807, 2.05) is 5.43 Å². The molecule has 0 aliphatic heterocycles. The molecule has 108 valence electrons. The first-order valence-electron chi connectivity index (χ1n) is 5.70. The first-order valence-corrected chi connectivity index (χ1v) is 5.70. The Morgan fingerprint density at radius 3 is 2.81 bits per heavy atom. The molecule has 0 unspecified atom stereocenters. The molecule has 0 bridgehead atoms. The molecule has 0 atom stereocenters. The minimum absolute atomic E-state index is 0.174. The Labute approximate surface area is 117 Å². The molecule has 1 amide bonds. The summed E-state index contributed by atoms with van der Waals surface area (Å²) in [5, 5.41) is 13.0. The van der Waals surface area contributed by atoms with Gasteiger partial charge in [-0.2, -0.15) is 0 Å². The summed E-state index contributed by atoms with van der Waals surface area (Å²) in [4.78, 5) is 25.6. The van der Waals surface area contributed by atoms with Crippen LogP contribution in [0.5, 0.6) is 0 Å². The van der Waals surface area contributed by atoms with Gasteiger partial charge in [-0.3, -0.25) is 14.9 Å². The number of benzene rings is 1. The summed E-state index contributed by atoms with van der Waals surface area (Å²) in [6, 6.07) is 6.47. The second kappa shape index (κ2) is 5.92. The van der Waals surface area contributed by atoms with Crippen LogP contribution < -0.4 is 16.6 Å². The van der Waals surface area contributed by atoms with Crippen LogP contribution in [0.25, 0.3) is 0 Å². The number of carbonyl (C=O) groups is 1. The number of nitro groups is 1. The van der Waals surface area contributed by atoms with Crippen molar-refractivity contribution in [1.82, 2.24) is 4.98 Å². The molecule has 4 N–H and O–H groups in total. The van der Waals surface area contributed by atoms with Crippen LogP contribution in [-0.4, -0.2) is 15.8 Å². The van der Waals surface area contributed by atoms with Crippen molar-refractivity contribution in [3.05, 3.63) is 58.0 Å². The van der Waals surface area contributed by atoms with Crippen LogP contribution in [0, 0.1) is 15.9 Å². The number of carbonyl (C=O) groups excluding carboxylic acids is 1. The molecule has 21 heavy (non-hydrogen) atoms. The summed E-state index contributed by atoms with van der Waals surface area (Å²) in [5.74, 6) is 3.10. The van der Waals surface area contributed by atoms with Gasteiger partial charge in [0.1, 0.15) is 0 Å². The number of nitro benzene ring substituents is 1. The Morgan fingerprint density at radius 1 is 1.38 bits per heavy atom. The smallest absolute Gasteiger partial charge is 0.271 e. The maximum atomic E-state index is 13.9. The van der Waals surface area contributed by atoms with Gasteiger partial charge in [-0.05, 0) is 12.1 Å². The highest BCUT2D eigenvalue weighted by Gasteiger charge is 2.16. The van der Waals surface area contributed by atoms with E-state index in [1.165, 1.54) is 36.5 Å². The Hall–Kier alpha value is -3.07. The maximum Gasteiger partial charge on any atom is 0.271 e. The summed E-state index contributed by atoms with van der Waals surface area (Å²) in [5.41, 5.74) is 1.72. The average molecular weight is 291 g/mol. The summed E-state index contributed by atoms with van der Waals surface area (Å²) < 4.78 is 13.9. The van der Waals surface area contributed by atoms with Crippen LogP contribution in [0.2, 0.25) is 0 Å². The van der Waals surface area contributed by atoms with E-state index in [9.17, 15) is 19.3 Å². The van der Waals surface area contributed by atoms with E-state index in [0.717, 1.165) is 0 Å². The van der Waals surface area contributed by atoms with Gasteiger partial charge in [0.2, 0.25) is 0 Å². The number of nitrogens with two attached hydrogens (primary N) is 1. The molecule has 0 aliphatic rings. The van der Waals surface area contributed by atoms with Crippen molar-refractivity contribution in [2.75, 3.05) is 10.7 Å². The average Bonchev–Trinajstić information content (AvgIpc) is 2.47. The van der Waals surface area contributed by atoms with Crippen LogP contribution in [-0.2, 0) is 0 Å². The lowest BCUT2D eigenvalue weighted by atomic mass is 10.2. The van der Waals surface area contributed by atoms with Crippen molar-refractivity contribution in [3.8, 4) is 0 Å². The number of hydrogen-bond donors (Lipinski definition) is 3. The zero-order chi connectivity index (χ0) is 15.4. The second-order valence-corrected chi connectivity index (χ2v) is 3.93. The van der Waals surface area contributed by atoms with Crippen LogP contribution in [0.3, 0.4) is 0 Å². The third kappa shape index (κ3) is 3.09. The Balaban J connectivity index is 2.26. The Bertz CT molecular complexity index is 707. The number of aromatic nitrogens is 1. The highest BCUT2D eigenvalue weighted by molar-refractivity contribution is 6.05. The molecule has 8 nitrogen and oxygen atoms in total. The standard InChI is InChI=1S/C12H10FN5O3/c13-10-9(4-5-15-11(10)17-14)12(19)16-7-2-1-3-8(6-7)18(20)21/h1-6H,14H2,(H,15,17)(H,16,19). The Kier molecular flexibility index (Phi) is 4.05. The van der Waals surface area contributed by atoms with E-state index >= 15 is 0 Å². The van der Waals surface area contributed by atoms with E-state index in [-0.39, 0.29) is 22.8 Å². The second-order valence-electron chi connectivity index (χ2n) is 3.93. The largest absolute Gasteiger partial charge is 0.322 e. The first-order chi connectivity index (χ1) is 10.0. The van der Waals surface area contributed by atoms with E-state index in [1.54, 1.807) is 0 Å². The molecule has 0 saturated carbocycles. The van der Waals surface area contributed by atoms with Crippen LogP contribution in [0.15, 0.2) is 36.5 Å². The van der Waals surface area contributed by atoms with Crippen LogP contribution >= 0.6 is 0 Å². The number of pyridine rings is 1. The number of nitrogens with zero attached hydrogens (tertiary/aromatic N) is 2. The number of hydrogen-bond acceptors (Lipinski definition) is 6. The summed E-state index contributed by atoms with van der Waals surface area (Å²) >= 11 is 0. The number of non-ortho nitro benzene ring substituents is 1. The summed E-state index contributed by atoms with van der Waals surface area (Å²) in [6.45, 7) is 0. The molecule has 0 spiro atoms. The van der Waals surface area contributed by atoms with Gasteiger partial charge < -0.3 is 10.7 Å². The van der Waals surface area contributed by atoms with Crippen molar-refractivity contribution in [1.29, 1.82) is 0 Å². The number of rotatable bonds is 4. The third-order valence-corrected chi connectivity index (χ3v) is 2.59. The quantitative estimate of drug-likeness (QED) is 0.447. The number of anilines is 2. The number of hydrazine groups is 1. The van der Waals surface area contributed by atoms with Gasteiger partial charge in [0.05, 0.1) is 10.5 Å². The van der Waals surface area contributed by atoms with Crippen LogP contribution in [0.1, 0.15) is 10.4 Å². The number of nitrogen functional groups attached to an aromatic ring is 1. The van der Waals surface area contributed by atoms with Gasteiger partial charge in [0, 0.05) is 24.0 Å². The molecule has 2 rings (SSSR count). The van der Waals surface area contributed by atoms with E-state index < -0.39 is 16.6 Å². The van der Waals surface area contributed by atoms with Gasteiger partial charge in [-0.25, -0.2) is 15.2 Å². The lowest BCUT2D eigenvalue weighted by molar-refractivity contribution is -0.384. The minimum Gasteiger partial charge on any atom is -0.322 e. The molecule has 0 saturated heterocycles. The fourth-order valence-electron chi connectivity index (χ4n) is 1.62. The van der Waals surface area contributed by atoms with E-state index in [0.29, 0.717) is 0 Å². The third-order valence-electron chi connectivity index (χ3n) is 2.59. The van der Waals surface area contributed by atoms with E-state index in [2.05, 4.69) is 10.3 Å². The number of amides is 1. The van der Waals surface area contributed by atoms with Crippen molar-refractivity contribution >= 4 is 23.1 Å². The molecule has 1 heterocycles. The van der Waals surface area contributed by atoms with Gasteiger partial charge in [0.25, 0.3) is 11.6 Å². The lowest BCUT2D eigenvalue weighted by Gasteiger charge is -2.08. The maximum absolute atomic E-state index is 13.9. The van der Waals surface area contributed by atoms with Crippen molar-refractivity contribution in [2.45, 2.75) is 0 Å². The normalized spacial score (nSPS) is 10.0. The van der Waals surface area contributed by atoms with Crippen molar-refractivity contribution in [2.24, 2.45) is 5.84 Å². The number of nitrogens with one attached hydrogen (secondary N) is 2. The SMILES string of the molecule is NNc1nccc(C(=O)Nc2cccc([N+](=O)[O-])c2)c1F. The van der Waals surface area contributed by atoms with Gasteiger partial charge >= 0.3 is 0 Å². The molecule has 0 fully saturated rings. The fourth-order valence-corrected chi connectivity index (χ4v) is 1.62. The van der Waals surface area contributed by atoms with Crippen molar-refractivity contribution in [3.63, 3.8) is 0 Å². The monoisotopic (exact) mass is 291 g/mol. The first kappa shape index (κ1) is 14.3. The molecule has 1 aromatic carbocycles. The van der Waals surface area contributed by atoms with Gasteiger partial charge in [0.15, 0.2) is 11.6 Å². The summed E-state index contributed by atoms with van der Waals surface area (Å²) in [6.07, 6.45) is 1.21. The zero-order valence-electron chi connectivity index (χ0n) is 10.5. The zero-order valence-corrected chi connectivity index (χ0v) is 10.5. The van der Waals surface area contributed by atoms with Crippen molar-refractivity contribution < 1.29 is 14.1 Å². The lowest BCUT2D eigenvalue weighted by Crippen LogP contribution is -2.17. The Morgan fingerprint density at radius 2 is 2.14 bits per heavy atom. The highest BCUT2D eigenvalue weighted by atomic mass is 19.1. The predicted molar refractivity (Wildman–Crippen MR) is 73.1 cm³/mol. The highest BCUT2D eigenvalue weighted by Crippen LogP contribution is 2.19. The molecule has 0 aliphatic carbocycles. The van der Waals surface area contributed by atoms with Crippen LogP contribution in [0.4, 0.5) is 21.6 Å². The molecular formula is C12H10FN5O3. The van der Waals surface area contributed by atoms with Gasteiger partial charge in [-0.15, -0.1) is 0 Å². The molecule has 0 radical (unpaired) electrons. The molecular weight excluding hydrogens is 281 g/mol. The van der Waals surface area contributed by atoms with Gasteiger partial charge in [-0.1, -0.05) is 6.07 Å². The molecule has 9 heteroatoms. The minimum atomic E-state index is -0.914. The fraction of sp³-hybridized carbons (Fsp3) is 0. The van der Waals surface area contributed by atoms with E-state index in [4.69, 9.17) is 5.84 Å². The predicted octanol–water partition coefficient (Wildman–Crippen LogP) is 1.67. The topological polar surface area (TPSA) is 123 Å². The summed E-state index contributed by atoms with van der Waals surface area (Å²) in [7, 11) is 0. The molecule has 1 aromatic heterocycles. The number of halogens is 1.